The van der Waals surface area contributed by atoms with Gasteiger partial charge >= 0.3 is 0 Å². The molecular formula is C16H16N2O4. The number of nitrogens with one attached hydrogen (secondary N) is 1. The first-order valence-electron chi connectivity index (χ1n) is 7.29. The summed E-state index contributed by atoms with van der Waals surface area (Å²) < 4.78 is 11.0. The van der Waals surface area contributed by atoms with Crippen LogP contribution >= 0.6 is 0 Å². The van der Waals surface area contributed by atoms with Crippen LogP contribution in [0.3, 0.4) is 0 Å². The lowest BCUT2D eigenvalue weighted by Gasteiger charge is -2.17. The Labute approximate surface area is 127 Å². The Balaban J connectivity index is 1.51. The molecule has 1 aromatic carbocycles. The minimum atomic E-state index is -0.616. The van der Waals surface area contributed by atoms with Gasteiger partial charge in [0.2, 0.25) is 0 Å². The van der Waals surface area contributed by atoms with E-state index in [0.29, 0.717) is 12.2 Å². The first-order valence-corrected chi connectivity index (χ1v) is 7.29. The summed E-state index contributed by atoms with van der Waals surface area (Å²) in [6, 6.07) is 9.21. The molecule has 2 aliphatic rings. The number of benzene rings is 1. The Morgan fingerprint density at radius 1 is 1.23 bits per heavy atom. The molecule has 1 aromatic heterocycles. The van der Waals surface area contributed by atoms with E-state index >= 15 is 0 Å². The zero-order valence-corrected chi connectivity index (χ0v) is 11.8. The van der Waals surface area contributed by atoms with Crippen molar-refractivity contribution < 1.29 is 19.4 Å². The van der Waals surface area contributed by atoms with Gasteiger partial charge in [0.25, 0.3) is 5.91 Å². The van der Waals surface area contributed by atoms with E-state index in [9.17, 15) is 9.90 Å². The van der Waals surface area contributed by atoms with Crippen molar-refractivity contribution >= 4 is 16.8 Å². The molecule has 0 unspecified atom stereocenters. The molecule has 0 bridgehead atoms. The quantitative estimate of drug-likeness (QED) is 0.844. The number of carbonyl (C=O) groups excluding carboxylic acids is 1. The number of fused-ring (bicyclic) bond motifs is 2. The van der Waals surface area contributed by atoms with Crippen molar-refractivity contribution in [2.24, 2.45) is 0 Å². The number of rotatable bonds is 2. The molecule has 2 fully saturated rings. The largest absolute Gasteiger partial charge is 0.388 e. The molecule has 2 saturated heterocycles. The first-order chi connectivity index (χ1) is 10.7. The first kappa shape index (κ1) is 13.6. The smallest absolute Gasteiger partial charge is 0.253 e. The molecule has 0 radical (unpaired) electrons. The van der Waals surface area contributed by atoms with E-state index in [0.717, 1.165) is 10.9 Å². The Morgan fingerprint density at radius 2 is 2.05 bits per heavy atom. The Hall–Kier alpha value is -2.02. The molecule has 0 spiro atoms. The van der Waals surface area contributed by atoms with Crippen molar-refractivity contribution in [3.05, 3.63) is 42.1 Å². The number of hydrogen-bond donors (Lipinski definition) is 2. The van der Waals surface area contributed by atoms with Crippen LogP contribution in [-0.2, 0) is 9.47 Å². The van der Waals surface area contributed by atoms with E-state index in [-0.39, 0.29) is 30.8 Å². The lowest BCUT2D eigenvalue weighted by Crippen LogP contribution is -2.44. The number of amides is 1. The number of nitrogens with zero attached hydrogens (tertiary/aromatic N) is 1. The molecule has 4 rings (SSSR count). The fourth-order valence-electron chi connectivity index (χ4n) is 3.05. The van der Waals surface area contributed by atoms with Crippen molar-refractivity contribution in [3.8, 4) is 0 Å². The van der Waals surface area contributed by atoms with Gasteiger partial charge in [-0.25, -0.2) is 0 Å². The van der Waals surface area contributed by atoms with Gasteiger partial charge in [-0.1, -0.05) is 18.2 Å². The van der Waals surface area contributed by atoms with Gasteiger partial charge in [0.05, 0.1) is 30.3 Å². The second kappa shape index (κ2) is 5.31. The number of aromatic nitrogens is 1. The average Bonchev–Trinajstić information content (AvgIpc) is 3.11. The molecule has 0 saturated carbocycles. The maximum Gasteiger partial charge on any atom is 0.253 e. The van der Waals surface area contributed by atoms with Crippen LogP contribution in [0, 0.1) is 0 Å². The third-order valence-corrected chi connectivity index (χ3v) is 4.20. The fraction of sp³-hybridized carbons (Fsp3) is 0.375. The molecule has 6 heteroatoms. The van der Waals surface area contributed by atoms with E-state index in [1.54, 1.807) is 6.20 Å². The molecule has 2 aromatic rings. The molecule has 4 atom stereocenters. The van der Waals surface area contributed by atoms with E-state index < -0.39 is 6.10 Å². The molecule has 3 heterocycles. The Kier molecular flexibility index (Phi) is 3.29. The molecule has 1 amide bonds. The van der Waals surface area contributed by atoms with Gasteiger partial charge < -0.3 is 19.9 Å². The normalized spacial score (nSPS) is 30.4. The second-order valence-corrected chi connectivity index (χ2v) is 5.66. The molecule has 6 nitrogen and oxygen atoms in total. The number of carbonyl (C=O) groups is 1. The minimum Gasteiger partial charge on any atom is -0.388 e. The summed E-state index contributed by atoms with van der Waals surface area (Å²) in [6.07, 6.45) is 0.316. The molecule has 2 aliphatic heterocycles. The van der Waals surface area contributed by atoms with Crippen LogP contribution in [-0.4, -0.2) is 53.6 Å². The highest BCUT2D eigenvalue weighted by Crippen LogP contribution is 2.27. The topological polar surface area (TPSA) is 80.7 Å². The molecule has 114 valence electrons. The van der Waals surface area contributed by atoms with Gasteiger partial charge in [-0.05, 0) is 12.1 Å². The van der Waals surface area contributed by atoms with Crippen molar-refractivity contribution in [1.29, 1.82) is 0 Å². The van der Waals surface area contributed by atoms with Crippen molar-refractivity contribution in [1.82, 2.24) is 10.3 Å². The lowest BCUT2D eigenvalue weighted by molar-refractivity contribution is 0.0178. The Morgan fingerprint density at radius 3 is 2.95 bits per heavy atom. The standard InChI is InChI=1S/C16H16N2O4/c19-13-8-22-14-12(7-21-15(13)14)18-16(20)10-5-9-3-1-2-4-11(9)17-6-10/h1-6,12-15,19H,7-8H2,(H,18,20)/t12-,13-,14-,15-/m1/s1. The monoisotopic (exact) mass is 300 g/mol. The molecular weight excluding hydrogens is 284 g/mol. The summed E-state index contributed by atoms with van der Waals surface area (Å²) in [5.74, 6) is -0.211. The van der Waals surface area contributed by atoms with Crippen LogP contribution in [0.25, 0.3) is 10.9 Å². The predicted octanol–water partition coefficient (Wildman–Crippen LogP) is 0.492. The zero-order chi connectivity index (χ0) is 15.1. The molecule has 0 aliphatic carbocycles. The second-order valence-electron chi connectivity index (χ2n) is 5.66. The van der Waals surface area contributed by atoms with Gasteiger partial charge in [-0.3, -0.25) is 9.78 Å². The van der Waals surface area contributed by atoms with Gasteiger partial charge in [-0.2, -0.15) is 0 Å². The van der Waals surface area contributed by atoms with Crippen LogP contribution in [0.2, 0.25) is 0 Å². The summed E-state index contributed by atoms with van der Waals surface area (Å²) in [6.45, 7) is 0.596. The van der Waals surface area contributed by atoms with Gasteiger partial charge in [-0.15, -0.1) is 0 Å². The zero-order valence-electron chi connectivity index (χ0n) is 11.8. The fourth-order valence-corrected chi connectivity index (χ4v) is 3.05. The third-order valence-electron chi connectivity index (χ3n) is 4.20. The molecule has 2 N–H and O–H groups in total. The highest BCUT2D eigenvalue weighted by molar-refractivity contribution is 5.97. The van der Waals surface area contributed by atoms with Crippen molar-refractivity contribution in [2.45, 2.75) is 24.4 Å². The number of aliphatic hydroxyl groups excluding tert-OH is 1. The van der Waals surface area contributed by atoms with Gasteiger partial charge in [0, 0.05) is 11.6 Å². The van der Waals surface area contributed by atoms with Crippen molar-refractivity contribution in [3.63, 3.8) is 0 Å². The van der Waals surface area contributed by atoms with Gasteiger partial charge in [0.1, 0.15) is 18.3 Å². The predicted molar refractivity (Wildman–Crippen MR) is 78.5 cm³/mol. The number of para-hydroxylation sites is 1. The number of pyridine rings is 1. The number of ether oxygens (including phenoxy) is 2. The Bertz CT molecular complexity index is 720. The summed E-state index contributed by atoms with van der Waals surface area (Å²) in [5, 5.41) is 13.5. The molecule has 22 heavy (non-hydrogen) atoms. The minimum absolute atomic E-state index is 0.211. The van der Waals surface area contributed by atoms with E-state index in [2.05, 4.69) is 10.3 Å². The van der Waals surface area contributed by atoms with Crippen LogP contribution in [0.5, 0.6) is 0 Å². The van der Waals surface area contributed by atoms with E-state index in [1.807, 2.05) is 30.3 Å². The average molecular weight is 300 g/mol. The number of hydrogen-bond acceptors (Lipinski definition) is 5. The summed E-state index contributed by atoms with van der Waals surface area (Å²) in [4.78, 5) is 16.7. The highest BCUT2D eigenvalue weighted by atomic mass is 16.6. The lowest BCUT2D eigenvalue weighted by atomic mass is 10.1. The van der Waals surface area contributed by atoms with Crippen LogP contribution in [0.1, 0.15) is 10.4 Å². The van der Waals surface area contributed by atoms with E-state index in [4.69, 9.17) is 9.47 Å². The summed E-state index contributed by atoms with van der Waals surface area (Å²) in [5.41, 5.74) is 1.35. The summed E-state index contributed by atoms with van der Waals surface area (Å²) >= 11 is 0. The highest BCUT2D eigenvalue weighted by Gasteiger charge is 2.47. The van der Waals surface area contributed by atoms with Crippen LogP contribution in [0.15, 0.2) is 36.5 Å². The SMILES string of the molecule is O=C(N[C@@H]1CO[C@H]2[C@@H]1OC[C@H]2O)c1cnc2ccccc2c1. The van der Waals surface area contributed by atoms with Crippen LogP contribution in [0.4, 0.5) is 0 Å². The summed E-state index contributed by atoms with van der Waals surface area (Å²) in [7, 11) is 0. The third kappa shape index (κ3) is 2.25. The maximum atomic E-state index is 12.4. The maximum absolute atomic E-state index is 12.4. The number of aliphatic hydroxyl groups is 1. The van der Waals surface area contributed by atoms with Gasteiger partial charge in [0.15, 0.2) is 0 Å². The van der Waals surface area contributed by atoms with E-state index in [1.165, 1.54) is 0 Å². The van der Waals surface area contributed by atoms with Crippen LogP contribution < -0.4 is 5.32 Å². The van der Waals surface area contributed by atoms with Crippen molar-refractivity contribution in [2.75, 3.05) is 13.2 Å².